The molecule has 1 aromatic carbocycles. The third-order valence-corrected chi connectivity index (χ3v) is 3.25. The smallest absolute Gasteiger partial charge is 0.227 e. The maximum absolute atomic E-state index is 11.9. The van der Waals surface area contributed by atoms with Crippen molar-refractivity contribution in [2.45, 2.75) is 26.2 Å². The second-order valence-corrected chi connectivity index (χ2v) is 4.71. The lowest BCUT2D eigenvalue weighted by Crippen LogP contribution is -2.28. The van der Waals surface area contributed by atoms with E-state index in [1.807, 2.05) is 0 Å². The van der Waals surface area contributed by atoms with Gasteiger partial charge in [0.2, 0.25) is 11.8 Å². The fraction of sp³-hybridized carbons (Fsp3) is 0.429. The Balaban J connectivity index is 2.12. The van der Waals surface area contributed by atoms with Gasteiger partial charge in [0.15, 0.2) is 0 Å². The first-order chi connectivity index (χ1) is 9.10. The van der Waals surface area contributed by atoms with Crippen LogP contribution in [-0.2, 0) is 9.59 Å². The predicted octanol–water partition coefficient (Wildman–Crippen LogP) is 2.39. The molecule has 0 heterocycles. The number of carbonyl (C=O) groups excluding carboxylic acids is 2. The van der Waals surface area contributed by atoms with Gasteiger partial charge in [-0.05, 0) is 31.0 Å². The first-order valence-electron chi connectivity index (χ1n) is 6.36. The minimum absolute atomic E-state index is 0.0465. The molecule has 2 rings (SSSR count). The Morgan fingerprint density at radius 3 is 2.53 bits per heavy atom. The van der Waals surface area contributed by atoms with Gasteiger partial charge in [-0.25, -0.2) is 0 Å². The largest absolute Gasteiger partial charge is 0.495 e. The van der Waals surface area contributed by atoms with Crippen molar-refractivity contribution in [1.82, 2.24) is 0 Å². The molecule has 0 spiro atoms. The zero-order chi connectivity index (χ0) is 13.8. The second kappa shape index (κ2) is 5.73. The van der Waals surface area contributed by atoms with Gasteiger partial charge in [0.25, 0.3) is 0 Å². The summed E-state index contributed by atoms with van der Waals surface area (Å²) >= 11 is 0. The quantitative estimate of drug-likeness (QED) is 0.875. The zero-order valence-corrected chi connectivity index (χ0v) is 11.2. The van der Waals surface area contributed by atoms with E-state index in [2.05, 4.69) is 10.6 Å². The lowest BCUT2D eigenvalue weighted by Gasteiger charge is -2.24. The van der Waals surface area contributed by atoms with Crippen molar-refractivity contribution in [3.63, 3.8) is 0 Å². The molecule has 1 saturated carbocycles. The molecular weight excluding hydrogens is 244 g/mol. The van der Waals surface area contributed by atoms with E-state index < -0.39 is 0 Å². The molecule has 0 atom stereocenters. The zero-order valence-electron chi connectivity index (χ0n) is 11.2. The number of hydrogen-bond acceptors (Lipinski definition) is 3. The van der Waals surface area contributed by atoms with Crippen LogP contribution in [0.4, 0.5) is 11.4 Å². The number of nitrogens with one attached hydrogen (secondary N) is 2. The lowest BCUT2D eigenvalue weighted by atomic mass is 9.85. The average molecular weight is 262 g/mol. The van der Waals surface area contributed by atoms with Crippen LogP contribution in [0.5, 0.6) is 5.75 Å². The first kappa shape index (κ1) is 13.4. The van der Waals surface area contributed by atoms with Crippen LogP contribution in [0.25, 0.3) is 0 Å². The van der Waals surface area contributed by atoms with Crippen LogP contribution in [0.2, 0.25) is 0 Å². The molecule has 19 heavy (non-hydrogen) atoms. The molecule has 2 amide bonds. The average Bonchev–Trinajstić information content (AvgIpc) is 2.26. The summed E-state index contributed by atoms with van der Waals surface area (Å²) in [6.45, 7) is 1.43. The molecule has 0 bridgehead atoms. The van der Waals surface area contributed by atoms with Gasteiger partial charge in [0, 0.05) is 18.5 Å². The third-order valence-electron chi connectivity index (χ3n) is 3.25. The molecular formula is C14H18N2O3. The molecule has 0 radical (unpaired) electrons. The molecule has 5 heteroatoms. The van der Waals surface area contributed by atoms with E-state index in [0.29, 0.717) is 17.1 Å². The van der Waals surface area contributed by atoms with Gasteiger partial charge in [-0.2, -0.15) is 0 Å². The van der Waals surface area contributed by atoms with Crippen LogP contribution in [-0.4, -0.2) is 18.9 Å². The minimum atomic E-state index is -0.180. The van der Waals surface area contributed by atoms with E-state index in [0.717, 1.165) is 19.3 Å². The summed E-state index contributed by atoms with van der Waals surface area (Å²) in [5.41, 5.74) is 1.22. The Morgan fingerprint density at radius 2 is 2.00 bits per heavy atom. The lowest BCUT2D eigenvalue weighted by molar-refractivity contribution is -0.122. The summed E-state index contributed by atoms with van der Waals surface area (Å²) in [4.78, 5) is 23.0. The Hall–Kier alpha value is -2.04. The fourth-order valence-electron chi connectivity index (χ4n) is 1.99. The molecule has 0 aliphatic heterocycles. The molecule has 0 saturated heterocycles. The maximum Gasteiger partial charge on any atom is 0.227 e. The van der Waals surface area contributed by atoms with E-state index in [4.69, 9.17) is 4.74 Å². The molecule has 0 aromatic heterocycles. The SMILES string of the molecule is COc1ccc(NC(=O)C2CCC2)cc1NC(C)=O. The molecule has 5 nitrogen and oxygen atoms in total. The van der Waals surface area contributed by atoms with Gasteiger partial charge in [-0.1, -0.05) is 6.42 Å². The van der Waals surface area contributed by atoms with Crippen LogP contribution < -0.4 is 15.4 Å². The number of hydrogen-bond donors (Lipinski definition) is 2. The summed E-state index contributed by atoms with van der Waals surface area (Å²) in [7, 11) is 1.53. The highest BCUT2D eigenvalue weighted by Crippen LogP contribution is 2.30. The topological polar surface area (TPSA) is 67.4 Å². The van der Waals surface area contributed by atoms with Crippen molar-refractivity contribution in [3.8, 4) is 5.75 Å². The van der Waals surface area contributed by atoms with Crippen LogP contribution in [0.3, 0.4) is 0 Å². The third kappa shape index (κ3) is 3.24. The van der Waals surface area contributed by atoms with Gasteiger partial charge in [-0.15, -0.1) is 0 Å². The van der Waals surface area contributed by atoms with E-state index in [1.165, 1.54) is 14.0 Å². The highest BCUT2D eigenvalue weighted by molar-refractivity contribution is 5.95. The molecule has 1 fully saturated rings. The number of methoxy groups -OCH3 is 1. The Labute approximate surface area is 112 Å². The van der Waals surface area contributed by atoms with Crippen molar-refractivity contribution in [3.05, 3.63) is 18.2 Å². The highest BCUT2D eigenvalue weighted by Gasteiger charge is 2.25. The monoisotopic (exact) mass is 262 g/mol. The number of benzene rings is 1. The summed E-state index contributed by atoms with van der Waals surface area (Å²) in [5, 5.41) is 5.54. The van der Waals surface area contributed by atoms with Crippen molar-refractivity contribution >= 4 is 23.2 Å². The Bertz CT molecular complexity index is 495. The maximum atomic E-state index is 11.9. The molecule has 1 aromatic rings. The van der Waals surface area contributed by atoms with Gasteiger partial charge < -0.3 is 15.4 Å². The van der Waals surface area contributed by atoms with Gasteiger partial charge in [0.1, 0.15) is 5.75 Å². The molecule has 2 N–H and O–H groups in total. The van der Waals surface area contributed by atoms with Crippen LogP contribution in [0.1, 0.15) is 26.2 Å². The summed E-state index contributed by atoms with van der Waals surface area (Å²) in [6.07, 6.45) is 3.04. The number of ether oxygens (including phenoxy) is 1. The Kier molecular flexibility index (Phi) is 4.04. The van der Waals surface area contributed by atoms with Gasteiger partial charge in [0.05, 0.1) is 12.8 Å². The minimum Gasteiger partial charge on any atom is -0.495 e. The molecule has 102 valence electrons. The van der Waals surface area contributed by atoms with Crippen LogP contribution in [0.15, 0.2) is 18.2 Å². The van der Waals surface area contributed by atoms with Gasteiger partial charge in [-0.3, -0.25) is 9.59 Å². The standard InChI is InChI=1S/C14H18N2O3/c1-9(17)15-12-8-11(6-7-13(12)19-2)16-14(18)10-4-3-5-10/h6-8,10H,3-5H2,1-2H3,(H,15,17)(H,16,18). The molecule has 1 aliphatic carbocycles. The van der Waals surface area contributed by atoms with Crippen LogP contribution >= 0.6 is 0 Å². The van der Waals surface area contributed by atoms with E-state index in [1.54, 1.807) is 18.2 Å². The molecule has 0 unspecified atom stereocenters. The highest BCUT2D eigenvalue weighted by atomic mass is 16.5. The van der Waals surface area contributed by atoms with Gasteiger partial charge >= 0.3 is 0 Å². The summed E-state index contributed by atoms with van der Waals surface area (Å²) in [5.74, 6) is 0.564. The van der Waals surface area contributed by atoms with E-state index >= 15 is 0 Å². The van der Waals surface area contributed by atoms with Crippen molar-refractivity contribution in [2.75, 3.05) is 17.7 Å². The summed E-state index contributed by atoms with van der Waals surface area (Å²) in [6, 6.07) is 5.19. The number of anilines is 2. The normalized spacial score (nSPS) is 14.4. The first-order valence-corrected chi connectivity index (χ1v) is 6.36. The Morgan fingerprint density at radius 1 is 1.26 bits per heavy atom. The van der Waals surface area contributed by atoms with E-state index in [9.17, 15) is 9.59 Å². The fourth-order valence-corrected chi connectivity index (χ4v) is 1.99. The second-order valence-electron chi connectivity index (χ2n) is 4.71. The van der Waals surface area contributed by atoms with Crippen molar-refractivity contribution in [2.24, 2.45) is 5.92 Å². The van der Waals surface area contributed by atoms with E-state index in [-0.39, 0.29) is 17.7 Å². The molecule has 1 aliphatic rings. The number of carbonyl (C=O) groups is 2. The summed E-state index contributed by atoms with van der Waals surface area (Å²) < 4.78 is 5.16. The van der Waals surface area contributed by atoms with Crippen molar-refractivity contribution in [1.29, 1.82) is 0 Å². The van der Waals surface area contributed by atoms with Crippen molar-refractivity contribution < 1.29 is 14.3 Å². The van der Waals surface area contributed by atoms with Crippen LogP contribution in [0, 0.1) is 5.92 Å². The number of rotatable bonds is 4. The number of amides is 2. The predicted molar refractivity (Wildman–Crippen MR) is 73.3 cm³/mol.